The molecule has 2 rings (SSSR count). The van der Waals surface area contributed by atoms with Crippen LogP contribution in [0.5, 0.6) is 0 Å². The van der Waals surface area contributed by atoms with Gasteiger partial charge in [-0.2, -0.15) is 0 Å². The van der Waals surface area contributed by atoms with Gasteiger partial charge in [0.05, 0.1) is 0 Å². The molecule has 2 aliphatic rings. The smallest absolute Gasteiger partial charge is 0.288 e. The van der Waals surface area contributed by atoms with Crippen LogP contribution >= 0.6 is 7.92 Å². The summed E-state index contributed by atoms with van der Waals surface area (Å²) in [6, 6.07) is 0. The van der Waals surface area contributed by atoms with E-state index in [0.717, 1.165) is 0 Å². The van der Waals surface area contributed by atoms with Gasteiger partial charge in [-0.3, -0.25) is 22.9 Å². The molecule has 0 saturated heterocycles. The Kier molecular flexibility index (Phi) is 7.43. The van der Waals surface area contributed by atoms with Crippen LogP contribution in [-0.4, -0.2) is 10.3 Å². The molecule has 0 N–H and O–H groups in total. The molecule has 0 atom stereocenters. The van der Waals surface area contributed by atoms with E-state index in [1.165, 1.54) is 5.31 Å². The second-order valence-electron chi connectivity index (χ2n) is 6.15. The summed E-state index contributed by atoms with van der Waals surface area (Å²) in [6.07, 6.45) is 8.14. The van der Waals surface area contributed by atoms with Crippen LogP contribution in [0.4, 0.5) is 0 Å². The van der Waals surface area contributed by atoms with Crippen molar-refractivity contribution in [2.24, 2.45) is 0 Å². The van der Waals surface area contributed by atoms with Gasteiger partial charge in [-0.05, 0) is 10.3 Å². The summed E-state index contributed by atoms with van der Waals surface area (Å²) in [6.45, 7) is 13.7. The molecule has 2 aliphatic carbocycles. The van der Waals surface area contributed by atoms with Gasteiger partial charge < -0.3 is 0 Å². The minimum absolute atomic E-state index is 0. The Morgan fingerprint density at radius 2 is 1.45 bits per heavy atom. The summed E-state index contributed by atoms with van der Waals surface area (Å²) in [5, 5.41) is 1.76. The molecule has 2 heteroatoms. The molecule has 0 spiro atoms. The van der Waals surface area contributed by atoms with Crippen LogP contribution in [0.15, 0.2) is 39.7 Å². The zero-order valence-corrected chi connectivity index (χ0v) is 14.8. The van der Waals surface area contributed by atoms with Crippen molar-refractivity contribution in [3.63, 3.8) is 0 Å². The first-order chi connectivity index (χ1) is 8.73. The minimum Gasteiger partial charge on any atom is -0.288 e. The van der Waals surface area contributed by atoms with Gasteiger partial charge in [-0.1, -0.05) is 49.5 Å². The largest absolute Gasteiger partial charge is 2.00 e. The average Bonchev–Trinajstić information content (AvgIpc) is 2.86. The number of allylic oxidation sites excluding steroid dienone is 4. The Hall–Kier alpha value is -0.891. The van der Waals surface area contributed by atoms with E-state index in [0.29, 0.717) is 0 Å². The first-order valence-corrected chi connectivity index (χ1v) is 7.51. The number of rotatable bonds is 1. The van der Waals surface area contributed by atoms with Crippen LogP contribution in [-0.2, 0) is 17.1 Å². The third-order valence-electron chi connectivity index (χ3n) is 2.30. The molecular formula is C18H18FeP. The summed E-state index contributed by atoms with van der Waals surface area (Å²) in [7, 11) is -0.274. The number of hydrogen-bond acceptors (Lipinski definition) is 0. The van der Waals surface area contributed by atoms with Crippen LogP contribution in [0.3, 0.4) is 0 Å². The summed E-state index contributed by atoms with van der Waals surface area (Å²) in [4.78, 5) is 0. The Morgan fingerprint density at radius 3 is 1.70 bits per heavy atom. The summed E-state index contributed by atoms with van der Waals surface area (Å²) in [5.41, 5.74) is 16.4. The first-order valence-electron chi connectivity index (χ1n) is 6.17. The van der Waals surface area contributed by atoms with Crippen molar-refractivity contribution in [1.29, 1.82) is 0 Å². The Labute approximate surface area is 135 Å². The van der Waals surface area contributed by atoms with Gasteiger partial charge in [0.2, 0.25) is 0 Å². The maximum atomic E-state index is 3.14. The normalized spacial score (nSPS) is 13.7. The third-order valence-corrected chi connectivity index (χ3v) is 5.66. The van der Waals surface area contributed by atoms with Crippen LogP contribution in [0.25, 0.3) is 0 Å². The fraction of sp³-hybridized carbons (Fsp3) is 0.444. The van der Waals surface area contributed by atoms with Gasteiger partial charge in [0.25, 0.3) is 0 Å². The minimum atomic E-state index is -0.274. The molecule has 20 heavy (non-hydrogen) atoms. The van der Waals surface area contributed by atoms with Crippen LogP contribution in [0.2, 0.25) is 0 Å². The van der Waals surface area contributed by atoms with E-state index in [-0.39, 0.29) is 35.3 Å². The average molecular weight is 321 g/mol. The van der Waals surface area contributed by atoms with E-state index < -0.39 is 0 Å². The molecule has 0 aromatic rings. The Bertz CT molecular complexity index is 584. The molecule has 0 unspecified atom stereocenters. The molecular weight excluding hydrogens is 303 g/mol. The Morgan fingerprint density at radius 1 is 0.850 bits per heavy atom. The van der Waals surface area contributed by atoms with Crippen LogP contribution in [0, 0.1) is 18.2 Å². The van der Waals surface area contributed by atoms with E-state index in [4.69, 9.17) is 0 Å². The van der Waals surface area contributed by atoms with Crippen molar-refractivity contribution >= 4 is 7.92 Å². The van der Waals surface area contributed by atoms with Crippen molar-refractivity contribution < 1.29 is 17.1 Å². The zero-order chi connectivity index (χ0) is 14.5. The monoisotopic (exact) mass is 321 g/mol. The topological polar surface area (TPSA) is 0 Å². The fourth-order valence-corrected chi connectivity index (χ4v) is 5.85. The van der Waals surface area contributed by atoms with Crippen LogP contribution in [0.1, 0.15) is 41.5 Å². The van der Waals surface area contributed by atoms with E-state index >= 15 is 0 Å². The first kappa shape index (κ1) is 19.1. The second-order valence-corrected chi connectivity index (χ2v) is 9.95. The molecule has 0 aromatic carbocycles. The van der Waals surface area contributed by atoms with Crippen molar-refractivity contribution in [1.82, 2.24) is 0 Å². The Balaban J connectivity index is 0.000000507. The molecule has 0 amide bonds. The molecule has 103 valence electrons. The van der Waals surface area contributed by atoms with Gasteiger partial charge in [-0.15, -0.1) is 23.5 Å². The van der Waals surface area contributed by atoms with Gasteiger partial charge >= 0.3 is 17.1 Å². The molecule has 1 radical (unpaired) electrons. The quantitative estimate of drug-likeness (QED) is 0.280. The summed E-state index contributed by atoms with van der Waals surface area (Å²) >= 11 is 0. The fourth-order valence-electron chi connectivity index (χ4n) is 2.16. The SMILES string of the molecule is CC(C)(C)P(C1=C=C=C=[C-]1)C(C)(C)C.[C]1=C=C=C=[C-]1.[Fe+2]. The van der Waals surface area contributed by atoms with Gasteiger partial charge in [-0.25, -0.2) is 11.5 Å². The van der Waals surface area contributed by atoms with E-state index in [1.807, 2.05) is 0 Å². The van der Waals surface area contributed by atoms with E-state index in [2.05, 4.69) is 94.2 Å². The third kappa shape index (κ3) is 6.04. The van der Waals surface area contributed by atoms with Crippen molar-refractivity contribution in [2.75, 3.05) is 0 Å². The van der Waals surface area contributed by atoms with E-state index in [9.17, 15) is 0 Å². The number of hydrogen-bond donors (Lipinski definition) is 0. The molecule has 0 bridgehead atoms. The van der Waals surface area contributed by atoms with Crippen molar-refractivity contribution in [3.8, 4) is 0 Å². The van der Waals surface area contributed by atoms with Crippen LogP contribution < -0.4 is 0 Å². The molecule has 0 saturated carbocycles. The molecule has 0 aliphatic heterocycles. The van der Waals surface area contributed by atoms with E-state index in [1.54, 1.807) is 0 Å². The standard InChI is InChI=1S/C13H18P.C5.Fe/c1-12(2,3)14(13(4,5)6)11-9-7-8-10-11;1-2-4-5-3-1;/h1-6H3;;/q2*-1;+2. The van der Waals surface area contributed by atoms with Crippen molar-refractivity contribution in [2.45, 2.75) is 51.9 Å². The maximum Gasteiger partial charge on any atom is 2.00 e. The summed E-state index contributed by atoms with van der Waals surface area (Å²) in [5.74, 6) is 0. The molecule has 0 nitrogen and oxygen atoms in total. The van der Waals surface area contributed by atoms with Gasteiger partial charge in [0.1, 0.15) is 0 Å². The second kappa shape index (κ2) is 7.78. The van der Waals surface area contributed by atoms with Crippen molar-refractivity contribution in [3.05, 3.63) is 57.9 Å². The summed E-state index contributed by atoms with van der Waals surface area (Å²) < 4.78 is 0. The van der Waals surface area contributed by atoms with Gasteiger partial charge in [0.15, 0.2) is 0 Å². The predicted molar refractivity (Wildman–Crippen MR) is 80.7 cm³/mol. The zero-order valence-electron chi connectivity index (χ0n) is 12.8. The molecule has 0 aromatic heterocycles. The molecule has 0 heterocycles. The van der Waals surface area contributed by atoms with Gasteiger partial charge in [0, 0.05) is 0 Å². The molecule has 0 fully saturated rings. The maximum absolute atomic E-state index is 3.14. The predicted octanol–water partition coefficient (Wildman–Crippen LogP) is 4.86.